The van der Waals surface area contributed by atoms with Crippen molar-refractivity contribution >= 4 is 92.3 Å². The van der Waals surface area contributed by atoms with E-state index < -0.39 is 34.7 Å². The van der Waals surface area contributed by atoms with E-state index in [1.54, 1.807) is 30.5 Å². The van der Waals surface area contributed by atoms with E-state index in [0.717, 1.165) is 27.6 Å². The Labute approximate surface area is 298 Å². The number of nitrogens with two attached hydrogens (primary N) is 3. The van der Waals surface area contributed by atoms with E-state index >= 15 is 0 Å². The fraction of sp³-hybridized carbons (Fsp3) is 0.226. The van der Waals surface area contributed by atoms with Gasteiger partial charge in [-0.1, -0.05) is 46.7 Å². The average molecular weight is 740 g/mol. The Morgan fingerprint density at radius 2 is 1.88 bits per heavy atom. The zero-order valence-corrected chi connectivity index (χ0v) is 29.0. The summed E-state index contributed by atoms with van der Waals surface area (Å²) in [6, 6.07) is 15.7. The Bertz CT molecular complexity index is 1920. The molecule has 3 aliphatic rings. The Balaban J connectivity index is 1.27. The maximum absolute atomic E-state index is 13.4. The number of nitrogens with one attached hydrogen (secondary N) is 1. The van der Waals surface area contributed by atoms with E-state index in [9.17, 15) is 19.5 Å². The van der Waals surface area contributed by atoms with Gasteiger partial charge in [0, 0.05) is 46.2 Å². The zero-order valence-electron chi connectivity index (χ0n) is 25.8. The number of aliphatic carboxylic acids is 1. The van der Waals surface area contributed by atoms with Gasteiger partial charge in [-0.25, -0.2) is 4.98 Å². The quantitative estimate of drug-likeness (QED) is 0.0967. The first kappa shape index (κ1) is 34.3. The molecular formula is C31H30ClN9O5S3. The summed E-state index contributed by atoms with van der Waals surface area (Å²) in [5.74, 6) is -1.84. The molecule has 0 radical (unpaired) electrons. The molecule has 0 spiro atoms. The van der Waals surface area contributed by atoms with Crippen molar-refractivity contribution in [2.24, 2.45) is 21.6 Å². The van der Waals surface area contributed by atoms with Gasteiger partial charge in [-0.05, 0) is 24.6 Å². The third kappa shape index (κ3) is 6.35. The van der Waals surface area contributed by atoms with Gasteiger partial charge in [-0.3, -0.25) is 14.5 Å². The molecule has 1 saturated heterocycles. The number of quaternary nitrogens is 1. The smallest absolute Gasteiger partial charge is 0.276 e. The number of hydrogen-bond donors (Lipinski definition) is 4. The predicted molar refractivity (Wildman–Crippen MR) is 191 cm³/mol. The van der Waals surface area contributed by atoms with Crippen molar-refractivity contribution in [3.8, 4) is 0 Å². The fourth-order valence-corrected chi connectivity index (χ4v) is 9.24. The highest BCUT2D eigenvalue weighted by Gasteiger charge is 2.54. The molecule has 3 aromatic rings. The molecule has 7 N–H and O–H groups in total. The van der Waals surface area contributed by atoms with Crippen LogP contribution in [0.15, 0.2) is 93.3 Å². The first-order valence-electron chi connectivity index (χ1n) is 14.8. The number of amides is 2. The van der Waals surface area contributed by atoms with Gasteiger partial charge < -0.3 is 37.3 Å². The number of thiazole rings is 1. The number of anilines is 1. The van der Waals surface area contributed by atoms with Crippen LogP contribution in [-0.2, 0) is 19.2 Å². The predicted octanol–water partition coefficient (Wildman–Crippen LogP) is 2.05. The van der Waals surface area contributed by atoms with Crippen molar-refractivity contribution in [2.45, 2.75) is 23.8 Å². The van der Waals surface area contributed by atoms with Crippen LogP contribution in [-0.4, -0.2) is 74.2 Å². The maximum Gasteiger partial charge on any atom is 0.276 e. The normalized spacial score (nSPS) is 23.6. The SMILES string of the molecule is CCO/N=C(\C(=O)NC1C(=O)N2C(C(=O)[O-])=C(CSC3N=C(N)C=C(N)[N+]3(c3ccccc3)c3ccc(Cl)cc3)CS[C@H]12)c1csc(N)n1. The van der Waals surface area contributed by atoms with Crippen molar-refractivity contribution in [1.82, 2.24) is 19.7 Å². The molecular weight excluding hydrogens is 710 g/mol. The number of amidine groups is 1. The lowest BCUT2D eigenvalue weighted by Crippen LogP contribution is -2.71. The molecule has 1 fully saturated rings. The van der Waals surface area contributed by atoms with Gasteiger partial charge in [0.05, 0.1) is 17.7 Å². The molecule has 49 heavy (non-hydrogen) atoms. The summed E-state index contributed by atoms with van der Waals surface area (Å²) >= 11 is 9.99. The number of oxime groups is 1. The number of hydrogen-bond acceptors (Lipinski definition) is 14. The van der Waals surface area contributed by atoms with Crippen molar-refractivity contribution in [2.75, 3.05) is 23.8 Å². The number of thioether (sulfide) groups is 2. The number of nitrogens with zero attached hydrogens (tertiary/aromatic N) is 5. The van der Waals surface area contributed by atoms with E-state index in [-0.39, 0.29) is 50.7 Å². The molecule has 3 aliphatic heterocycles. The van der Waals surface area contributed by atoms with Crippen LogP contribution < -0.4 is 32.1 Å². The first-order valence-corrected chi connectivity index (χ1v) is 18.1. The summed E-state index contributed by atoms with van der Waals surface area (Å²) in [5.41, 5.74) is 19.8. The molecule has 2 aromatic carbocycles. The summed E-state index contributed by atoms with van der Waals surface area (Å²) in [6.07, 6.45) is 1.60. The van der Waals surface area contributed by atoms with Gasteiger partial charge in [0.1, 0.15) is 40.9 Å². The molecule has 18 heteroatoms. The number of para-hydroxylation sites is 1. The zero-order chi connectivity index (χ0) is 34.9. The summed E-state index contributed by atoms with van der Waals surface area (Å²) < 4.78 is -0.0416. The number of nitrogen functional groups attached to an aromatic ring is 1. The van der Waals surface area contributed by atoms with Crippen LogP contribution in [0.3, 0.4) is 0 Å². The van der Waals surface area contributed by atoms with Gasteiger partial charge >= 0.3 is 0 Å². The monoisotopic (exact) mass is 739 g/mol. The van der Waals surface area contributed by atoms with Crippen LogP contribution in [0.25, 0.3) is 0 Å². The molecule has 14 nitrogen and oxygen atoms in total. The fourth-order valence-electron chi connectivity index (χ4n) is 5.72. The molecule has 0 saturated carbocycles. The van der Waals surface area contributed by atoms with Crippen LogP contribution in [0.4, 0.5) is 16.5 Å². The number of fused-ring (bicyclic) bond motifs is 1. The molecule has 0 aliphatic carbocycles. The maximum atomic E-state index is 13.4. The van der Waals surface area contributed by atoms with Gasteiger partial charge in [-0.2, -0.15) is 9.48 Å². The molecule has 6 rings (SSSR count). The lowest BCUT2D eigenvalue weighted by Gasteiger charge is -2.51. The number of carboxylic acid groups (broad SMARTS) is 1. The lowest BCUT2D eigenvalue weighted by atomic mass is 10.0. The summed E-state index contributed by atoms with van der Waals surface area (Å²) in [4.78, 5) is 54.4. The Kier molecular flexibility index (Phi) is 9.89. The largest absolute Gasteiger partial charge is 0.543 e. The number of benzene rings is 2. The van der Waals surface area contributed by atoms with Crippen molar-refractivity contribution in [1.29, 1.82) is 0 Å². The van der Waals surface area contributed by atoms with Crippen molar-refractivity contribution < 1.29 is 24.3 Å². The molecule has 0 bridgehead atoms. The van der Waals surface area contributed by atoms with Gasteiger partial charge in [0.2, 0.25) is 11.3 Å². The summed E-state index contributed by atoms with van der Waals surface area (Å²) in [5, 5.41) is 20.7. The number of carbonyl (C=O) groups is 3. The van der Waals surface area contributed by atoms with E-state index in [1.165, 1.54) is 23.5 Å². The van der Waals surface area contributed by atoms with Gasteiger partial charge in [0.15, 0.2) is 10.8 Å². The third-order valence-corrected chi connectivity index (χ3v) is 11.4. The lowest BCUT2D eigenvalue weighted by molar-refractivity contribution is -0.301. The highest BCUT2D eigenvalue weighted by Crippen LogP contribution is 2.48. The highest BCUT2D eigenvalue weighted by atomic mass is 35.5. The minimum atomic E-state index is -1.51. The molecule has 4 atom stereocenters. The Morgan fingerprint density at radius 1 is 1.16 bits per heavy atom. The summed E-state index contributed by atoms with van der Waals surface area (Å²) in [7, 11) is 0. The number of aliphatic imine (C=N–C) groups is 1. The van der Waals surface area contributed by atoms with E-state index in [2.05, 4.69) is 15.5 Å². The first-order chi connectivity index (χ1) is 23.6. The second-order valence-electron chi connectivity index (χ2n) is 10.8. The molecule has 1 aromatic heterocycles. The summed E-state index contributed by atoms with van der Waals surface area (Å²) in [6.45, 7) is 1.89. The van der Waals surface area contributed by atoms with Gasteiger partial charge in [-0.15, -0.1) is 23.1 Å². The average Bonchev–Trinajstić information content (AvgIpc) is 3.52. The third-order valence-electron chi connectivity index (χ3n) is 7.89. The van der Waals surface area contributed by atoms with E-state index in [0.29, 0.717) is 16.4 Å². The van der Waals surface area contributed by atoms with E-state index in [1.807, 2.05) is 42.5 Å². The Morgan fingerprint density at radius 3 is 2.53 bits per heavy atom. The second-order valence-corrected chi connectivity index (χ2v) is 14.3. The minimum Gasteiger partial charge on any atom is -0.543 e. The van der Waals surface area contributed by atoms with Gasteiger partial charge in [0.25, 0.3) is 11.8 Å². The number of β-lactam (4-membered cyclic amide) rings is 1. The van der Waals surface area contributed by atoms with Crippen LogP contribution in [0, 0.1) is 0 Å². The van der Waals surface area contributed by atoms with Crippen LogP contribution in [0.5, 0.6) is 0 Å². The molecule has 2 amide bonds. The van der Waals surface area contributed by atoms with Crippen molar-refractivity contribution in [3.05, 3.63) is 93.9 Å². The van der Waals surface area contributed by atoms with E-state index in [4.69, 9.17) is 38.6 Å². The molecule has 254 valence electrons. The Hall–Kier alpha value is -4.55. The standard InChI is InChI=1S/C31H30ClN9O5S3/c1-2-46-39-23(20-15-48-30(35)36-20)26(42)38-24-27(43)40-25(29(44)45)16(13-47-28(24)40)14-49-31-37-21(33)12-22(34)41(31,18-6-4-3-5-7-18)19-10-8-17(32)9-11-19/h3-12,15,24,28,31H,2,13-14H2,1H3,(H7-,33,34,35,36,37,38,42,44,45)/b39-23-/t24?,28-,31?,41?/m1/s1. The molecule has 4 heterocycles. The number of halogens is 1. The topological polar surface area (TPSA) is 214 Å². The number of carboxylic acids is 1. The second kappa shape index (κ2) is 14.1. The molecule has 3 unspecified atom stereocenters. The minimum absolute atomic E-state index is 0.0416. The van der Waals surface area contributed by atoms with Crippen LogP contribution >= 0.6 is 46.5 Å². The number of rotatable bonds is 11. The highest BCUT2D eigenvalue weighted by molar-refractivity contribution is 8.01. The number of carbonyl (C=O) groups excluding carboxylic acids is 3. The van der Waals surface area contributed by atoms with Crippen molar-refractivity contribution in [3.63, 3.8) is 0 Å². The van der Waals surface area contributed by atoms with Crippen LogP contribution in [0.1, 0.15) is 12.6 Å². The number of aromatic nitrogens is 1. The van der Waals surface area contributed by atoms with Crippen LogP contribution in [0.2, 0.25) is 5.02 Å².